The zero-order valence-corrected chi connectivity index (χ0v) is 10.3. The molecular weight excluding hydrogens is 218 g/mol. The Morgan fingerprint density at radius 1 is 1.41 bits per heavy atom. The van der Waals surface area contributed by atoms with Gasteiger partial charge < -0.3 is 5.32 Å². The van der Waals surface area contributed by atoms with Crippen molar-refractivity contribution in [2.75, 3.05) is 6.54 Å². The van der Waals surface area contributed by atoms with Crippen LogP contribution in [0, 0.1) is 5.92 Å². The van der Waals surface area contributed by atoms with Crippen molar-refractivity contribution in [1.29, 1.82) is 0 Å². The smallest absolute Gasteiger partial charge is 0.170 e. The van der Waals surface area contributed by atoms with Crippen LogP contribution in [0.25, 0.3) is 5.69 Å². The van der Waals surface area contributed by atoms with Gasteiger partial charge in [0.25, 0.3) is 0 Å². The third-order valence-electron chi connectivity index (χ3n) is 2.31. The lowest BCUT2D eigenvalue weighted by Crippen LogP contribution is -2.21. The Morgan fingerprint density at radius 2 is 2.24 bits per heavy atom. The topological polar surface area (TPSA) is 73.5 Å². The lowest BCUT2D eigenvalue weighted by molar-refractivity contribution is 0.537. The van der Waals surface area contributed by atoms with E-state index in [9.17, 15) is 0 Å². The molecule has 7 nitrogen and oxygen atoms in total. The van der Waals surface area contributed by atoms with Crippen LogP contribution in [-0.4, -0.2) is 36.5 Å². The van der Waals surface area contributed by atoms with E-state index in [1.54, 1.807) is 15.6 Å². The van der Waals surface area contributed by atoms with Gasteiger partial charge in [-0.15, -0.1) is 5.10 Å². The highest BCUT2D eigenvalue weighted by Gasteiger charge is 2.09. The quantitative estimate of drug-likeness (QED) is 0.798. The van der Waals surface area contributed by atoms with Crippen molar-refractivity contribution in [2.24, 2.45) is 13.0 Å². The summed E-state index contributed by atoms with van der Waals surface area (Å²) in [5.74, 6) is 1.40. The monoisotopic (exact) mass is 235 g/mol. The molecule has 2 aromatic rings. The van der Waals surface area contributed by atoms with Gasteiger partial charge in [0.2, 0.25) is 0 Å². The number of nitrogens with zero attached hydrogens (tertiary/aromatic N) is 6. The maximum Gasteiger partial charge on any atom is 0.170 e. The van der Waals surface area contributed by atoms with Gasteiger partial charge in [0, 0.05) is 7.05 Å². The van der Waals surface area contributed by atoms with Crippen LogP contribution in [0.4, 0.5) is 0 Å². The average Bonchev–Trinajstić information content (AvgIpc) is 2.86. The molecule has 0 aliphatic rings. The van der Waals surface area contributed by atoms with E-state index < -0.39 is 0 Å². The first kappa shape index (κ1) is 11.7. The lowest BCUT2D eigenvalue weighted by Gasteiger charge is -2.06. The summed E-state index contributed by atoms with van der Waals surface area (Å²) in [6.45, 7) is 5.92. The van der Waals surface area contributed by atoms with E-state index in [2.05, 4.69) is 39.8 Å². The fourth-order valence-corrected chi connectivity index (χ4v) is 1.51. The molecule has 0 aromatic carbocycles. The molecular formula is C10H17N7. The van der Waals surface area contributed by atoms with E-state index >= 15 is 0 Å². The highest BCUT2D eigenvalue weighted by atomic mass is 15.6. The number of rotatable bonds is 5. The number of hydrogen-bond acceptors (Lipinski definition) is 5. The SMILES string of the molecule is CC(C)CNCc1nnnn1-c1cnn(C)c1. The molecule has 0 fully saturated rings. The number of nitrogens with one attached hydrogen (secondary N) is 1. The third kappa shape index (κ3) is 2.88. The predicted molar refractivity (Wildman–Crippen MR) is 62.5 cm³/mol. The minimum Gasteiger partial charge on any atom is -0.310 e. The summed E-state index contributed by atoms with van der Waals surface area (Å²) in [7, 11) is 1.87. The summed E-state index contributed by atoms with van der Waals surface area (Å²) in [5, 5.41) is 19.1. The normalized spacial score (nSPS) is 11.3. The molecule has 0 amide bonds. The van der Waals surface area contributed by atoms with Crippen LogP contribution in [0.5, 0.6) is 0 Å². The Bertz CT molecular complexity index is 470. The largest absolute Gasteiger partial charge is 0.310 e. The summed E-state index contributed by atoms with van der Waals surface area (Å²) < 4.78 is 3.42. The van der Waals surface area contributed by atoms with Gasteiger partial charge in [0.05, 0.1) is 18.9 Å². The van der Waals surface area contributed by atoms with Crippen molar-refractivity contribution in [1.82, 2.24) is 35.3 Å². The summed E-state index contributed by atoms with van der Waals surface area (Å²) in [6.07, 6.45) is 3.62. The van der Waals surface area contributed by atoms with E-state index in [1.807, 2.05) is 13.2 Å². The van der Waals surface area contributed by atoms with Crippen LogP contribution < -0.4 is 5.32 Å². The van der Waals surface area contributed by atoms with Gasteiger partial charge in [0.15, 0.2) is 5.82 Å². The van der Waals surface area contributed by atoms with Gasteiger partial charge in [0.1, 0.15) is 5.69 Å². The second-order valence-corrected chi connectivity index (χ2v) is 4.40. The molecule has 0 unspecified atom stereocenters. The summed E-state index contributed by atoms with van der Waals surface area (Å²) >= 11 is 0. The van der Waals surface area contributed by atoms with Crippen molar-refractivity contribution in [2.45, 2.75) is 20.4 Å². The number of tetrazole rings is 1. The Hall–Kier alpha value is -1.76. The van der Waals surface area contributed by atoms with Crippen LogP contribution in [-0.2, 0) is 13.6 Å². The zero-order chi connectivity index (χ0) is 12.3. The number of hydrogen-bond donors (Lipinski definition) is 1. The highest BCUT2D eigenvalue weighted by molar-refractivity contribution is 5.24. The Balaban J connectivity index is 2.07. The molecule has 0 radical (unpaired) electrons. The van der Waals surface area contributed by atoms with E-state index in [0.717, 1.165) is 18.1 Å². The van der Waals surface area contributed by atoms with Gasteiger partial charge in [-0.25, -0.2) is 0 Å². The standard InChI is InChI=1S/C10H17N7/c1-8(2)4-11-6-10-13-14-15-17(10)9-5-12-16(3)7-9/h5,7-8,11H,4,6H2,1-3H3. The molecule has 2 rings (SSSR count). The molecule has 92 valence electrons. The zero-order valence-electron chi connectivity index (χ0n) is 10.3. The molecule has 0 atom stereocenters. The number of aryl methyl sites for hydroxylation is 1. The molecule has 0 spiro atoms. The minimum atomic E-state index is 0.609. The van der Waals surface area contributed by atoms with Crippen LogP contribution in [0.3, 0.4) is 0 Å². The van der Waals surface area contributed by atoms with Crippen LogP contribution in [0.15, 0.2) is 12.4 Å². The lowest BCUT2D eigenvalue weighted by atomic mass is 10.2. The predicted octanol–water partition coefficient (Wildman–Crippen LogP) is 0.141. The second-order valence-electron chi connectivity index (χ2n) is 4.40. The molecule has 2 aromatic heterocycles. The fourth-order valence-electron chi connectivity index (χ4n) is 1.51. The first-order valence-electron chi connectivity index (χ1n) is 5.64. The summed E-state index contributed by atoms with van der Waals surface area (Å²) in [4.78, 5) is 0. The number of aromatic nitrogens is 6. The van der Waals surface area contributed by atoms with Crippen molar-refractivity contribution in [3.63, 3.8) is 0 Å². The van der Waals surface area contributed by atoms with Gasteiger partial charge in [-0.3, -0.25) is 4.68 Å². The maximum absolute atomic E-state index is 4.10. The van der Waals surface area contributed by atoms with Crippen molar-refractivity contribution < 1.29 is 0 Å². The van der Waals surface area contributed by atoms with Gasteiger partial charge in [-0.05, 0) is 22.9 Å². The summed E-state index contributed by atoms with van der Waals surface area (Å²) in [6, 6.07) is 0. The summed E-state index contributed by atoms with van der Waals surface area (Å²) in [5.41, 5.74) is 0.874. The molecule has 0 aliphatic carbocycles. The van der Waals surface area contributed by atoms with Crippen LogP contribution in [0.1, 0.15) is 19.7 Å². The molecule has 0 aliphatic heterocycles. The van der Waals surface area contributed by atoms with Crippen molar-refractivity contribution in [3.05, 3.63) is 18.2 Å². The molecule has 0 saturated carbocycles. The van der Waals surface area contributed by atoms with Gasteiger partial charge in [-0.1, -0.05) is 13.8 Å². The Morgan fingerprint density at radius 3 is 2.88 bits per heavy atom. The fraction of sp³-hybridized carbons (Fsp3) is 0.600. The highest BCUT2D eigenvalue weighted by Crippen LogP contribution is 2.05. The second kappa shape index (κ2) is 5.05. The first-order valence-corrected chi connectivity index (χ1v) is 5.64. The van der Waals surface area contributed by atoms with Gasteiger partial charge in [-0.2, -0.15) is 9.78 Å². The maximum atomic E-state index is 4.10. The average molecular weight is 235 g/mol. The van der Waals surface area contributed by atoms with Gasteiger partial charge >= 0.3 is 0 Å². The van der Waals surface area contributed by atoms with E-state index in [4.69, 9.17) is 0 Å². The van der Waals surface area contributed by atoms with Crippen LogP contribution >= 0.6 is 0 Å². The van der Waals surface area contributed by atoms with Crippen molar-refractivity contribution >= 4 is 0 Å². The molecule has 0 saturated heterocycles. The third-order valence-corrected chi connectivity index (χ3v) is 2.31. The first-order chi connectivity index (χ1) is 8.16. The Labute approximate surface area is 99.8 Å². The van der Waals surface area contributed by atoms with E-state index in [0.29, 0.717) is 12.5 Å². The van der Waals surface area contributed by atoms with E-state index in [1.165, 1.54) is 0 Å². The molecule has 0 bridgehead atoms. The Kier molecular flexibility index (Phi) is 3.48. The molecule has 17 heavy (non-hydrogen) atoms. The van der Waals surface area contributed by atoms with E-state index in [-0.39, 0.29) is 0 Å². The molecule has 2 heterocycles. The van der Waals surface area contributed by atoms with Crippen molar-refractivity contribution in [3.8, 4) is 5.69 Å². The molecule has 1 N–H and O–H groups in total. The molecule has 7 heteroatoms. The minimum absolute atomic E-state index is 0.609. The van der Waals surface area contributed by atoms with Crippen LogP contribution in [0.2, 0.25) is 0 Å².